The van der Waals surface area contributed by atoms with Gasteiger partial charge in [0.05, 0.1) is 6.04 Å². The first-order valence-electron chi connectivity index (χ1n) is 10.8. The third kappa shape index (κ3) is 8.42. The Labute approximate surface area is 203 Å². The van der Waals surface area contributed by atoms with Gasteiger partial charge in [-0.2, -0.15) is 8.42 Å². The lowest BCUT2D eigenvalue weighted by Gasteiger charge is -2.27. The van der Waals surface area contributed by atoms with E-state index in [2.05, 4.69) is 16.0 Å². The molecule has 2 rings (SSSR count). The summed E-state index contributed by atoms with van der Waals surface area (Å²) in [5.74, 6) is -1.85. The third-order valence-electron chi connectivity index (χ3n) is 5.31. The molecule has 1 fully saturated rings. The maximum atomic E-state index is 12.9. The minimum absolute atomic E-state index is 0.0508. The van der Waals surface area contributed by atoms with Crippen molar-refractivity contribution in [1.82, 2.24) is 16.0 Å². The number of amides is 3. The number of hydrogen-bond acceptors (Lipinski definition) is 7. The van der Waals surface area contributed by atoms with Crippen LogP contribution in [0.2, 0.25) is 5.02 Å². The summed E-state index contributed by atoms with van der Waals surface area (Å²) in [7, 11) is -4.94. The molecule has 0 aliphatic carbocycles. The van der Waals surface area contributed by atoms with Gasteiger partial charge in [-0.3, -0.25) is 14.1 Å². The summed E-state index contributed by atoms with van der Waals surface area (Å²) in [4.78, 5) is 37.2. The highest BCUT2D eigenvalue weighted by Crippen LogP contribution is 2.20. The number of rotatable bonds is 11. The standard InChI is InChI=1S/C21H30ClN3O8S/c1-12(2)9-16(25-21(29)33-11-14-5-3-4-6-15(14)22)19(27)24-17(20(28)34(30,31)32)10-13-7-8-23-18(13)26/h3-6,12-13,16-17,20,28H,7-11H2,1-2H3,(H,23,26)(H,24,27)(H,25,29)(H,30,31,32)/t13-,16-,17-,20-/m0/s1. The first kappa shape index (κ1) is 27.8. The minimum Gasteiger partial charge on any atom is -0.445 e. The van der Waals surface area contributed by atoms with E-state index >= 15 is 0 Å². The summed E-state index contributed by atoms with van der Waals surface area (Å²) in [6, 6.07) is 4.15. The molecule has 1 aliphatic heterocycles. The average molecular weight is 520 g/mol. The van der Waals surface area contributed by atoms with Gasteiger partial charge in [0.2, 0.25) is 17.3 Å². The topological polar surface area (TPSA) is 171 Å². The molecule has 34 heavy (non-hydrogen) atoms. The number of hydrogen-bond donors (Lipinski definition) is 5. The van der Waals surface area contributed by atoms with E-state index in [0.29, 0.717) is 23.6 Å². The molecule has 0 unspecified atom stereocenters. The number of carbonyl (C=O) groups excluding carboxylic acids is 3. The van der Waals surface area contributed by atoms with Crippen LogP contribution in [0.5, 0.6) is 0 Å². The molecule has 0 bridgehead atoms. The Morgan fingerprint density at radius 3 is 2.50 bits per heavy atom. The molecule has 1 aromatic rings. The Balaban J connectivity index is 2.09. The highest BCUT2D eigenvalue weighted by atomic mass is 35.5. The molecule has 3 amide bonds. The fourth-order valence-electron chi connectivity index (χ4n) is 3.56. The Morgan fingerprint density at radius 1 is 1.26 bits per heavy atom. The number of benzene rings is 1. The zero-order chi connectivity index (χ0) is 25.5. The molecule has 0 saturated carbocycles. The molecule has 11 nitrogen and oxygen atoms in total. The average Bonchev–Trinajstić information content (AvgIpc) is 3.15. The van der Waals surface area contributed by atoms with E-state index in [-0.39, 0.29) is 31.3 Å². The van der Waals surface area contributed by atoms with E-state index in [9.17, 15) is 32.5 Å². The van der Waals surface area contributed by atoms with E-state index in [1.54, 1.807) is 24.3 Å². The molecule has 13 heteroatoms. The molecule has 1 aromatic carbocycles. The van der Waals surface area contributed by atoms with E-state index in [1.807, 2.05) is 13.8 Å². The Kier molecular flexibility index (Phi) is 10.1. The van der Waals surface area contributed by atoms with Gasteiger partial charge < -0.3 is 25.8 Å². The summed E-state index contributed by atoms with van der Waals surface area (Å²) in [6.07, 6.45) is -0.566. The number of nitrogens with one attached hydrogen (secondary N) is 3. The van der Waals surface area contributed by atoms with Gasteiger partial charge in [-0.25, -0.2) is 4.79 Å². The lowest BCUT2D eigenvalue weighted by atomic mass is 9.97. The van der Waals surface area contributed by atoms with Crippen LogP contribution in [-0.2, 0) is 31.1 Å². The zero-order valence-corrected chi connectivity index (χ0v) is 20.4. The SMILES string of the molecule is CC(C)C[C@H](NC(=O)OCc1ccccc1Cl)C(=O)N[C@@H](C[C@@H]1CCNC1=O)[C@@H](O)S(=O)(=O)O. The van der Waals surface area contributed by atoms with Crippen LogP contribution >= 0.6 is 11.6 Å². The first-order valence-corrected chi connectivity index (χ1v) is 12.7. The van der Waals surface area contributed by atoms with Crippen LogP contribution in [0.4, 0.5) is 4.79 Å². The van der Waals surface area contributed by atoms with Crippen LogP contribution in [0.3, 0.4) is 0 Å². The van der Waals surface area contributed by atoms with Crippen LogP contribution in [0.15, 0.2) is 24.3 Å². The fraction of sp³-hybridized carbons (Fsp3) is 0.571. The number of carbonyl (C=O) groups is 3. The number of ether oxygens (including phenoxy) is 1. The fourth-order valence-corrected chi connectivity index (χ4v) is 4.34. The van der Waals surface area contributed by atoms with Gasteiger partial charge in [0, 0.05) is 23.0 Å². The van der Waals surface area contributed by atoms with Gasteiger partial charge in [0.15, 0.2) is 0 Å². The second-order valence-electron chi connectivity index (χ2n) is 8.53. The molecule has 190 valence electrons. The monoisotopic (exact) mass is 519 g/mol. The lowest BCUT2D eigenvalue weighted by Crippen LogP contribution is -2.54. The van der Waals surface area contributed by atoms with E-state index < -0.39 is 45.6 Å². The Hall–Kier alpha value is -2.41. The molecule has 5 N–H and O–H groups in total. The van der Waals surface area contributed by atoms with E-state index in [1.165, 1.54) is 0 Å². The van der Waals surface area contributed by atoms with Crippen molar-refractivity contribution >= 4 is 39.6 Å². The van der Waals surface area contributed by atoms with Gasteiger partial charge in [0.25, 0.3) is 10.1 Å². The number of alkyl carbamates (subject to hydrolysis) is 1. The van der Waals surface area contributed by atoms with Gasteiger partial charge in [-0.05, 0) is 31.2 Å². The molecule has 0 aromatic heterocycles. The predicted octanol–water partition coefficient (Wildman–Crippen LogP) is 1.20. The lowest BCUT2D eigenvalue weighted by molar-refractivity contribution is -0.126. The number of aliphatic hydroxyl groups is 1. The minimum atomic E-state index is -4.94. The van der Waals surface area contributed by atoms with Crippen molar-refractivity contribution in [2.45, 2.75) is 57.2 Å². The summed E-state index contributed by atoms with van der Waals surface area (Å²) in [6.45, 7) is 3.86. The van der Waals surface area contributed by atoms with Crippen molar-refractivity contribution < 1.29 is 37.2 Å². The molecular weight excluding hydrogens is 490 g/mol. The summed E-state index contributed by atoms with van der Waals surface area (Å²) in [5.41, 5.74) is -1.79. The van der Waals surface area contributed by atoms with Gasteiger partial charge in [-0.15, -0.1) is 0 Å². The second kappa shape index (κ2) is 12.3. The van der Waals surface area contributed by atoms with Gasteiger partial charge in [-0.1, -0.05) is 43.6 Å². The van der Waals surface area contributed by atoms with Crippen LogP contribution in [0, 0.1) is 11.8 Å². The van der Waals surface area contributed by atoms with Crippen LogP contribution < -0.4 is 16.0 Å². The van der Waals surface area contributed by atoms with Crippen molar-refractivity contribution in [2.24, 2.45) is 11.8 Å². The third-order valence-corrected chi connectivity index (χ3v) is 6.62. The summed E-state index contributed by atoms with van der Waals surface area (Å²) >= 11 is 6.04. The van der Waals surface area contributed by atoms with E-state index in [0.717, 1.165) is 0 Å². The van der Waals surface area contributed by atoms with Crippen LogP contribution in [-0.4, -0.2) is 60.0 Å². The van der Waals surface area contributed by atoms with Crippen molar-refractivity contribution in [2.75, 3.05) is 6.54 Å². The summed E-state index contributed by atoms with van der Waals surface area (Å²) < 4.78 is 37.5. The van der Waals surface area contributed by atoms with Crippen LogP contribution in [0.25, 0.3) is 0 Å². The zero-order valence-electron chi connectivity index (χ0n) is 18.9. The Morgan fingerprint density at radius 2 is 1.94 bits per heavy atom. The maximum absolute atomic E-state index is 12.9. The maximum Gasteiger partial charge on any atom is 0.408 e. The predicted molar refractivity (Wildman–Crippen MR) is 123 cm³/mol. The van der Waals surface area contributed by atoms with Crippen LogP contribution in [0.1, 0.15) is 38.7 Å². The molecular formula is C21H30ClN3O8S. The van der Waals surface area contributed by atoms with Crippen molar-refractivity contribution in [3.8, 4) is 0 Å². The summed E-state index contributed by atoms with van der Waals surface area (Å²) in [5, 5.41) is 17.9. The normalized spacial score (nSPS) is 18.6. The van der Waals surface area contributed by atoms with Crippen molar-refractivity contribution in [3.63, 3.8) is 0 Å². The quantitative estimate of drug-likeness (QED) is 0.271. The first-order chi connectivity index (χ1) is 15.9. The van der Waals surface area contributed by atoms with Gasteiger partial charge >= 0.3 is 6.09 Å². The smallest absolute Gasteiger partial charge is 0.408 e. The highest BCUT2D eigenvalue weighted by Gasteiger charge is 2.37. The molecule has 4 atom stereocenters. The largest absolute Gasteiger partial charge is 0.445 e. The molecule has 1 aliphatic rings. The number of halogens is 1. The molecule has 0 radical (unpaired) electrons. The van der Waals surface area contributed by atoms with Crippen molar-refractivity contribution in [1.29, 1.82) is 0 Å². The van der Waals surface area contributed by atoms with E-state index in [4.69, 9.17) is 16.3 Å². The van der Waals surface area contributed by atoms with Gasteiger partial charge in [0.1, 0.15) is 12.6 Å². The highest BCUT2D eigenvalue weighted by molar-refractivity contribution is 7.86. The van der Waals surface area contributed by atoms with Crippen molar-refractivity contribution in [3.05, 3.63) is 34.9 Å². The second-order valence-corrected chi connectivity index (χ2v) is 10.4. The molecule has 0 spiro atoms. The molecule has 1 saturated heterocycles. The number of aliphatic hydroxyl groups excluding tert-OH is 1. The molecule has 1 heterocycles. The Bertz CT molecular complexity index is 988.